The minimum Gasteiger partial charge on any atom is -0.508 e. The summed E-state index contributed by atoms with van der Waals surface area (Å²) in [7, 11) is -2.29. The summed E-state index contributed by atoms with van der Waals surface area (Å²) >= 11 is 0. The molecule has 0 aliphatic rings. The van der Waals surface area contributed by atoms with Gasteiger partial charge in [-0.2, -0.15) is 0 Å². The van der Waals surface area contributed by atoms with Crippen molar-refractivity contribution in [2.75, 3.05) is 0 Å². The number of hydrogen-bond acceptors (Lipinski definition) is 5. The van der Waals surface area contributed by atoms with Crippen LogP contribution in [0.2, 0.25) is 6.04 Å². The van der Waals surface area contributed by atoms with Crippen molar-refractivity contribution in [2.45, 2.75) is 26.3 Å². The van der Waals surface area contributed by atoms with E-state index in [1.165, 1.54) is 13.8 Å². The van der Waals surface area contributed by atoms with Gasteiger partial charge in [0.15, 0.2) is 0 Å². The standard InChI is InChI=1S/C12H16O5Si/c1-9(13)16-18(17-10(2)14)8-7-11-3-5-12(15)6-4-11/h3-6,15,18H,7-8H2,1-2H3. The number of carbonyl (C=O) groups excluding carboxylic acids is 2. The number of phenolic OH excluding ortho intramolecular Hbond substituents is 1. The van der Waals surface area contributed by atoms with E-state index >= 15 is 0 Å². The number of rotatable bonds is 5. The highest BCUT2D eigenvalue weighted by atomic mass is 28.3. The summed E-state index contributed by atoms with van der Waals surface area (Å²) in [5, 5.41) is 9.14. The minimum atomic E-state index is -2.29. The SMILES string of the molecule is CC(=O)O[SiH](CCc1ccc(O)cc1)OC(C)=O. The largest absolute Gasteiger partial charge is 0.508 e. The molecule has 1 aromatic carbocycles. The zero-order valence-electron chi connectivity index (χ0n) is 10.4. The van der Waals surface area contributed by atoms with Gasteiger partial charge >= 0.3 is 9.28 Å². The smallest absolute Gasteiger partial charge is 0.448 e. The lowest BCUT2D eigenvalue weighted by Gasteiger charge is -2.14. The lowest BCUT2D eigenvalue weighted by atomic mass is 10.2. The first-order valence-electron chi connectivity index (χ1n) is 5.59. The second-order valence-corrected chi connectivity index (χ2v) is 5.76. The van der Waals surface area contributed by atoms with E-state index in [0.717, 1.165) is 5.56 Å². The third kappa shape index (κ3) is 5.49. The van der Waals surface area contributed by atoms with Crippen LogP contribution >= 0.6 is 0 Å². The second-order valence-electron chi connectivity index (χ2n) is 3.85. The highest BCUT2D eigenvalue weighted by Crippen LogP contribution is 2.13. The molecule has 6 heteroatoms. The van der Waals surface area contributed by atoms with Crippen molar-refractivity contribution in [3.05, 3.63) is 29.8 Å². The zero-order valence-corrected chi connectivity index (χ0v) is 11.5. The van der Waals surface area contributed by atoms with Crippen molar-refractivity contribution in [3.8, 4) is 5.75 Å². The Kier molecular flexibility index (Phi) is 5.38. The molecule has 0 atom stereocenters. The fourth-order valence-corrected chi connectivity index (χ4v) is 3.05. The summed E-state index contributed by atoms with van der Waals surface area (Å²) in [6.45, 7) is 2.59. The Morgan fingerprint density at radius 3 is 2.06 bits per heavy atom. The topological polar surface area (TPSA) is 72.8 Å². The Labute approximate surface area is 107 Å². The fraction of sp³-hybridized carbons (Fsp3) is 0.333. The maximum Gasteiger partial charge on any atom is 0.448 e. The maximum absolute atomic E-state index is 10.9. The Hall–Kier alpha value is -1.82. The number of benzene rings is 1. The van der Waals surface area contributed by atoms with Crippen LogP contribution in [0, 0.1) is 0 Å². The number of aromatic hydroxyl groups is 1. The third-order valence-corrected chi connectivity index (χ3v) is 4.15. The van der Waals surface area contributed by atoms with Gasteiger partial charge in [-0.15, -0.1) is 0 Å². The van der Waals surface area contributed by atoms with Crippen LogP contribution in [-0.2, 0) is 24.9 Å². The molecule has 98 valence electrons. The molecule has 0 aromatic heterocycles. The molecule has 0 saturated heterocycles. The van der Waals surface area contributed by atoms with Gasteiger partial charge in [0, 0.05) is 19.9 Å². The number of hydrogen-bond donors (Lipinski definition) is 1. The predicted octanol–water partition coefficient (Wildman–Crippen LogP) is 1.28. The molecule has 0 unspecified atom stereocenters. The number of aryl methyl sites for hydroxylation is 1. The van der Waals surface area contributed by atoms with E-state index in [-0.39, 0.29) is 5.75 Å². The van der Waals surface area contributed by atoms with Crippen molar-refractivity contribution in [1.82, 2.24) is 0 Å². The summed E-state index contributed by atoms with van der Waals surface area (Å²) in [6, 6.07) is 7.25. The van der Waals surface area contributed by atoms with Crippen LogP contribution in [0.5, 0.6) is 5.75 Å². The maximum atomic E-state index is 10.9. The summed E-state index contributed by atoms with van der Waals surface area (Å²) in [6.07, 6.45) is 0.637. The monoisotopic (exact) mass is 268 g/mol. The van der Waals surface area contributed by atoms with Gasteiger partial charge in [-0.3, -0.25) is 9.59 Å². The van der Waals surface area contributed by atoms with E-state index in [9.17, 15) is 9.59 Å². The van der Waals surface area contributed by atoms with Crippen LogP contribution in [0.4, 0.5) is 0 Å². The van der Waals surface area contributed by atoms with Gasteiger partial charge in [0.2, 0.25) is 0 Å². The van der Waals surface area contributed by atoms with Crippen molar-refractivity contribution < 1.29 is 23.5 Å². The molecule has 1 aromatic rings. The second kappa shape index (κ2) is 6.80. The molecule has 0 aliphatic carbocycles. The Balaban J connectivity index is 2.52. The van der Waals surface area contributed by atoms with Gasteiger partial charge in [-0.05, 0) is 24.1 Å². The molecule has 0 heterocycles. The van der Waals surface area contributed by atoms with Gasteiger partial charge < -0.3 is 14.0 Å². The van der Waals surface area contributed by atoms with Crippen LogP contribution in [0.25, 0.3) is 0 Å². The lowest BCUT2D eigenvalue weighted by Crippen LogP contribution is -2.27. The summed E-state index contributed by atoms with van der Waals surface area (Å²) in [5.41, 5.74) is 0.990. The van der Waals surface area contributed by atoms with E-state index in [2.05, 4.69) is 0 Å². The van der Waals surface area contributed by atoms with Gasteiger partial charge in [-0.1, -0.05) is 12.1 Å². The quantitative estimate of drug-likeness (QED) is 0.814. The summed E-state index contributed by atoms with van der Waals surface area (Å²) in [4.78, 5) is 21.8. The van der Waals surface area contributed by atoms with Gasteiger partial charge in [-0.25, -0.2) is 0 Å². The average molecular weight is 268 g/mol. The molecule has 18 heavy (non-hydrogen) atoms. The molecular weight excluding hydrogens is 252 g/mol. The molecule has 1 N–H and O–H groups in total. The molecule has 0 aliphatic heterocycles. The number of carbonyl (C=O) groups is 2. The van der Waals surface area contributed by atoms with Crippen molar-refractivity contribution in [2.24, 2.45) is 0 Å². The molecule has 0 radical (unpaired) electrons. The van der Waals surface area contributed by atoms with Gasteiger partial charge in [0.1, 0.15) is 5.75 Å². The molecule has 1 rings (SSSR count). The highest BCUT2D eigenvalue weighted by Gasteiger charge is 2.19. The summed E-state index contributed by atoms with van der Waals surface area (Å²) < 4.78 is 10.0. The molecule has 0 saturated carbocycles. The molecule has 0 amide bonds. The van der Waals surface area contributed by atoms with Crippen LogP contribution in [0.3, 0.4) is 0 Å². The normalized spacial score (nSPS) is 10.2. The molecule has 0 bridgehead atoms. The van der Waals surface area contributed by atoms with E-state index in [1.54, 1.807) is 24.3 Å². The van der Waals surface area contributed by atoms with E-state index in [0.29, 0.717) is 12.5 Å². The Morgan fingerprint density at radius 2 is 1.61 bits per heavy atom. The van der Waals surface area contributed by atoms with Gasteiger partial charge in [0.05, 0.1) is 0 Å². The fourth-order valence-electron chi connectivity index (χ4n) is 1.46. The van der Waals surface area contributed by atoms with Crippen molar-refractivity contribution in [1.29, 1.82) is 0 Å². The molecule has 5 nitrogen and oxygen atoms in total. The molecular formula is C12H16O5Si. The van der Waals surface area contributed by atoms with Crippen LogP contribution in [0.15, 0.2) is 24.3 Å². The Morgan fingerprint density at radius 1 is 1.11 bits per heavy atom. The summed E-state index contributed by atoms with van der Waals surface area (Å²) in [5.74, 6) is -0.662. The van der Waals surface area contributed by atoms with E-state index in [1.807, 2.05) is 0 Å². The lowest BCUT2D eigenvalue weighted by molar-refractivity contribution is -0.137. The predicted molar refractivity (Wildman–Crippen MR) is 67.3 cm³/mol. The van der Waals surface area contributed by atoms with E-state index in [4.69, 9.17) is 14.0 Å². The third-order valence-electron chi connectivity index (χ3n) is 2.20. The number of phenols is 1. The first-order chi connectivity index (χ1) is 8.47. The average Bonchev–Trinajstić information content (AvgIpc) is 2.26. The van der Waals surface area contributed by atoms with Crippen molar-refractivity contribution >= 4 is 21.2 Å². The Bertz CT molecular complexity index is 399. The van der Waals surface area contributed by atoms with Gasteiger partial charge in [0.25, 0.3) is 11.9 Å². The van der Waals surface area contributed by atoms with Crippen LogP contribution in [0.1, 0.15) is 19.4 Å². The van der Waals surface area contributed by atoms with Crippen LogP contribution < -0.4 is 0 Å². The first kappa shape index (κ1) is 14.2. The van der Waals surface area contributed by atoms with Crippen molar-refractivity contribution in [3.63, 3.8) is 0 Å². The zero-order chi connectivity index (χ0) is 13.5. The minimum absolute atomic E-state index is 0.201. The van der Waals surface area contributed by atoms with E-state index < -0.39 is 21.2 Å². The van der Waals surface area contributed by atoms with Crippen LogP contribution in [-0.4, -0.2) is 26.3 Å². The molecule has 0 fully saturated rings. The highest BCUT2D eigenvalue weighted by molar-refractivity contribution is 6.48. The molecule has 0 spiro atoms. The first-order valence-corrected chi connectivity index (χ1v) is 7.35.